The molecule has 0 saturated heterocycles. The Bertz CT molecular complexity index is 517. The third kappa shape index (κ3) is 2.28. The van der Waals surface area contributed by atoms with E-state index < -0.39 is 0 Å². The maximum absolute atomic E-state index is 8.88. The monoisotopic (exact) mass is 255 g/mol. The van der Waals surface area contributed by atoms with Crippen LogP contribution in [0.3, 0.4) is 0 Å². The van der Waals surface area contributed by atoms with Gasteiger partial charge in [-0.1, -0.05) is 6.42 Å². The third-order valence-corrected chi connectivity index (χ3v) is 5.00. The fourth-order valence-electron chi connectivity index (χ4n) is 4.03. The zero-order chi connectivity index (χ0) is 13.4. The first kappa shape index (κ1) is 12.3. The van der Waals surface area contributed by atoms with Crippen LogP contribution in [0.4, 0.5) is 11.4 Å². The molecule has 2 aliphatic carbocycles. The summed E-state index contributed by atoms with van der Waals surface area (Å²) in [5.41, 5.74) is 8.01. The first-order chi connectivity index (χ1) is 9.17. The molecule has 4 atom stereocenters. The van der Waals surface area contributed by atoms with Crippen LogP contribution in [0.1, 0.15) is 38.2 Å². The van der Waals surface area contributed by atoms with Gasteiger partial charge in [-0.2, -0.15) is 5.26 Å². The molecular formula is C16H21N3. The molecule has 4 unspecified atom stereocenters. The van der Waals surface area contributed by atoms with Gasteiger partial charge in [0.1, 0.15) is 6.07 Å². The fraction of sp³-hybridized carbons (Fsp3) is 0.562. The van der Waals surface area contributed by atoms with Gasteiger partial charge in [0.15, 0.2) is 0 Å². The third-order valence-electron chi connectivity index (χ3n) is 5.00. The fourth-order valence-corrected chi connectivity index (χ4v) is 4.03. The van der Waals surface area contributed by atoms with E-state index in [2.05, 4.69) is 18.3 Å². The maximum Gasteiger partial charge on any atom is 0.101 e. The Hall–Kier alpha value is -1.69. The number of rotatable bonds is 3. The van der Waals surface area contributed by atoms with Crippen LogP contribution < -0.4 is 11.1 Å². The molecule has 0 heterocycles. The van der Waals surface area contributed by atoms with Crippen LogP contribution in [0.15, 0.2) is 18.2 Å². The van der Waals surface area contributed by atoms with E-state index >= 15 is 0 Å². The Morgan fingerprint density at radius 3 is 2.79 bits per heavy atom. The van der Waals surface area contributed by atoms with E-state index in [4.69, 9.17) is 11.0 Å². The predicted octanol–water partition coefficient (Wildman–Crippen LogP) is 3.38. The van der Waals surface area contributed by atoms with Crippen LogP contribution in [0, 0.1) is 29.1 Å². The zero-order valence-electron chi connectivity index (χ0n) is 11.4. The normalized spacial score (nSPS) is 30.0. The van der Waals surface area contributed by atoms with Crippen molar-refractivity contribution in [2.24, 2.45) is 17.8 Å². The minimum absolute atomic E-state index is 0.489. The molecule has 0 amide bonds. The SMILES string of the molecule is CC(Nc1ccc(C#N)c(N)c1)C1CC2CCC1C2. The molecule has 100 valence electrons. The van der Waals surface area contributed by atoms with Crippen molar-refractivity contribution in [1.82, 2.24) is 0 Å². The molecule has 19 heavy (non-hydrogen) atoms. The molecule has 3 nitrogen and oxygen atoms in total. The Kier molecular flexibility index (Phi) is 3.10. The first-order valence-electron chi connectivity index (χ1n) is 7.23. The highest BCUT2D eigenvalue weighted by Crippen LogP contribution is 2.49. The summed E-state index contributed by atoms with van der Waals surface area (Å²) >= 11 is 0. The molecule has 0 aliphatic heterocycles. The van der Waals surface area contributed by atoms with Crippen LogP contribution >= 0.6 is 0 Å². The molecule has 0 radical (unpaired) electrons. The quantitative estimate of drug-likeness (QED) is 0.814. The number of hydrogen-bond acceptors (Lipinski definition) is 3. The zero-order valence-corrected chi connectivity index (χ0v) is 11.4. The molecule has 3 N–H and O–H groups in total. The summed E-state index contributed by atoms with van der Waals surface area (Å²) < 4.78 is 0. The average molecular weight is 255 g/mol. The lowest BCUT2D eigenvalue weighted by atomic mass is 9.84. The van der Waals surface area contributed by atoms with Crippen molar-refractivity contribution in [3.05, 3.63) is 23.8 Å². The van der Waals surface area contributed by atoms with E-state index in [1.54, 1.807) is 6.07 Å². The Balaban J connectivity index is 1.68. The van der Waals surface area contributed by atoms with E-state index in [1.165, 1.54) is 25.7 Å². The average Bonchev–Trinajstić information content (AvgIpc) is 3.01. The molecule has 2 fully saturated rings. The van der Waals surface area contributed by atoms with Crippen molar-refractivity contribution in [3.63, 3.8) is 0 Å². The van der Waals surface area contributed by atoms with E-state index in [9.17, 15) is 0 Å². The van der Waals surface area contributed by atoms with Gasteiger partial charge in [-0.05, 0) is 62.1 Å². The highest BCUT2D eigenvalue weighted by molar-refractivity contribution is 5.62. The number of nitrogens with one attached hydrogen (secondary N) is 1. The highest BCUT2D eigenvalue weighted by atomic mass is 14.9. The van der Waals surface area contributed by atoms with Crippen LogP contribution in [-0.2, 0) is 0 Å². The van der Waals surface area contributed by atoms with E-state index in [1.807, 2.05) is 12.1 Å². The van der Waals surface area contributed by atoms with Gasteiger partial charge in [0.25, 0.3) is 0 Å². The number of nitriles is 1. The number of nitrogens with two attached hydrogens (primary N) is 1. The summed E-state index contributed by atoms with van der Waals surface area (Å²) in [6.07, 6.45) is 5.67. The summed E-state index contributed by atoms with van der Waals surface area (Å²) in [5.74, 6) is 2.70. The molecular weight excluding hydrogens is 234 g/mol. The maximum atomic E-state index is 8.88. The lowest BCUT2D eigenvalue weighted by molar-refractivity contribution is 0.304. The molecule has 1 aromatic carbocycles. The van der Waals surface area contributed by atoms with Crippen molar-refractivity contribution in [2.45, 2.75) is 38.6 Å². The number of fused-ring (bicyclic) bond motifs is 2. The van der Waals surface area contributed by atoms with Gasteiger partial charge in [-0.25, -0.2) is 0 Å². The Morgan fingerprint density at radius 1 is 1.37 bits per heavy atom. The number of benzene rings is 1. The molecule has 2 aliphatic rings. The summed E-state index contributed by atoms with van der Waals surface area (Å²) in [6, 6.07) is 8.22. The smallest absolute Gasteiger partial charge is 0.101 e. The standard InChI is InChI=1S/C16H21N3/c1-10(15-7-11-2-3-12(15)6-11)19-14-5-4-13(9-17)16(18)8-14/h4-5,8,10-12,15,19H,2-3,6-7,18H2,1H3. The van der Waals surface area contributed by atoms with Crippen molar-refractivity contribution in [1.29, 1.82) is 5.26 Å². The Labute approximate surface area is 114 Å². The second-order valence-electron chi connectivity index (χ2n) is 6.19. The summed E-state index contributed by atoms with van der Waals surface area (Å²) in [5, 5.41) is 12.5. The van der Waals surface area contributed by atoms with Crippen molar-refractivity contribution in [3.8, 4) is 6.07 Å². The molecule has 1 aromatic rings. The highest BCUT2D eigenvalue weighted by Gasteiger charge is 2.41. The number of nitrogens with zero attached hydrogens (tertiary/aromatic N) is 1. The molecule has 2 bridgehead atoms. The molecule has 0 aromatic heterocycles. The van der Waals surface area contributed by atoms with Gasteiger partial charge >= 0.3 is 0 Å². The lowest BCUT2D eigenvalue weighted by Crippen LogP contribution is -2.29. The Morgan fingerprint density at radius 2 is 2.21 bits per heavy atom. The van der Waals surface area contributed by atoms with E-state index in [0.717, 1.165) is 23.4 Å². The minimum Gasteiger partial charge on any atom is -0.398 e. The summed E-state index contributed by atoms with van der Waals surface area (Å²) in [6.45, 7) is 2.28. The van der Waals surface area contributed by atoms with Crippen molar-refractivity contribution >= 4 is 11.4 Å². The summed E-state index contributed by atoms with van der Waals surface area (Å²) in [4.78, 5) is 0. The predicted molar refractivity (Wildman–Crippen MR) is 77.6 cm³/mol. The van der Waals surface area contributed by atoms with Gasteiger partial charge in [0.05, 0.1) is 11.3 Å². The largest absolute Gasteiger partial charge is 0.398 e. The number of anilines is 2. The minimum atomic E-state index is 0.489. The van der Waals surface area contributed by atoms with Gasteiger partial charge < -0.3 is 11.1 Å². The second kappa shape index (κ2) is 4.77. The molecule has 2 saturated carbocycles. The van der Waals surface area contributed by atoms with Gasteiger partial charge in [-0.3, -0.25) is 0 Å². The number of nitrogen functional groups attached to an aromatic ring is 1. The molecule has 3 rings (SSSR count). The van der Waals surface area contributed by atoms with E-state index in [-0.39, 0.29) is 0 Å². The summed E-state index contributed by atoms with van der Waals surface area (Å²) in [7, 11) is 0. The van der Waals surface area contributed by atoms with Crippen LogP contribution in [0.2, 0.25) is 0 Å². The topological polar surface area (TPSA) is 61.8 Å². The molecule has 0 spiro atoms. The number of hydrogen-bond donors (Lipinski definition) is 2. The van der Waals surface area contributed by atoms with Crippen LogP contribution in [0.25, 0.3) is 0 Å². The van der Waals surface area contributed by atoms with Gasteiger partial charge in [0, 0.05) is 11.7 Å². The van der Waals surface area contributed by atoms with Crippen LogP contribution in [0.5, 0.6) is 0 Å². The van der Waals surface area contributed by atoms with E-state index in [0.29, 0.717) is 17.3 Å². The van der Waals surface area contributed by atoms with Crippen molar-refractivity contribution in [2.75, 3.05) is 11.1 Å². The van der Waals surface area contributed by atoms with Crippen LogP contribution in [-0.4, -0.2) is 6.04 Å². The van der Waals surface area contributed by atoms with Gasteiger partial charge in [0.2, 0.25) is 0 Å². The second-order valence-corrected chi connectivity index (χ2v) is 6.19. The lowest BCUT2D eigenvalue weighted by Gasteiger charge is -2.29. The van der Waals surface area contributed by atoms with Crippen molar-refractivity contribution < 1.29 is 0 Å². The first-order valence-corrected chi connectivity index (χ1v) is 7.23. The molecule has 3 heteroatoms. The van der Waals surface area contributed by atoms with Gasteiger partial charge in [-0.15, -0.1) is 0 Å².